The summed E-state index contributed by atoms with van der Waals surface area (Å²) in [5.41, 5.74) is 11.4. The van der Waals surface area contributed by atoms with Crippen molar-refractivity contribution in [1.82, 2.24) is 15.0 Å². The summed E-state index contributed by atoms with van der Waals surface area (Å²) in [6.45, 7) is 0. The van der Waals surface area contributed by atoms with Gasteiger partial charge in [0.25, 0.3) is 0 Å². The normalized spacial score (nSPS) is 11.5. The summed E-state index contributed by atoms with van der Waals surface area (Å²) in [5.74, 6) is 1.89. The lowest BCUT2D eigenvalue weighted by Gasteiger charge is -2.15. The van der Waals surface area contributed by atoms with Crippen LogP contribution in [0, 0.1) is 0 Å². The first kappa shape index (κ1) is 32.7. The van der Waals surface area contributed by atoms with E-state index in [0.29, 0.717) is 17.5 Å². The first-order valence-corrected chi connectivity index (χ1v) is 19.2. The SMILES string of the molecule is c1ccc(-c2cccc(-c3nc(-c4ccccc4)nc(-c4ccc(-c5cc6c7cccc(-c8ccccc8)c7oc6c6ccccc56)c5ccccc45)n3)c2)cc1. The topological polar surface area (TPSA) is 51.8 Å². The number of furan rings is 1. The van der Waals surface area contributed by atoms with Crippen LogP contribution in [0.4, 0.5) is 0 Å². The van der Waals surface area contributed by atoms with Gasteiger partial charge in [-0.3, -0.25) is 0 Å². The highest BCUT2D eigenvalue weighted by molar-refractivity contribution is 6.22. The van der Waals surface area contributed by atoms with Crippen LogP contribution in [-0.2, 0) is 0 Å². The van der Waals surface area contributed by atoms with E-state index in [-0.39, 0.29) is 0 Å². The molecule has 2 aromatic heterocycles. The number of hydrogen-bond donors (Lipinski definition) is 0. The summed E-state index contributed by atoms with van der Waals surface area (Å²) in [6.07, 6.45) is 0. The summed E-state index contributed by atoms with van der Waals surface area (Å²) in [5, 5.41) is 6.60. The molecule has 0 spiro atoms. The smallest absolute Gasteiger partial charge is 0.164 e. The molecular weight excluding hydrogens is 695 g/mol. The fourth-order valence-electron chi connectivity index (χ4n) is 8.23. The van der Waals surface area contributed by atoms with Gasteiger partial charge in [-0.1, -0.05) is 182 Å². The van der Waals surface area contributed by atoms with Crippen molar-refractivity contribution in [3.63, 3.8) is 0 Å². The van der Waals surface area contributed by atoms with Crippen LogP contribution in [0.2, 0.25) is 0 Å². The van der Waals surface area contributed by atoms with E-state index in [9.17, 15) is 0 Å². The van der Waals surface area contributed by atoms with E-state index in [1.54, 1.807) is 0 Å². The van der Waals surface area contributed by atoms with Crippen LogP contribution in [0.25, 0.3) is 111 Å². The van der Waals surface area contributed by atoms with Gasteiger partial charge >= 0.3 is 0 Å². The van der Waals surface area contributed by atoms with Crippen LogP contribution in [0.1, 0.15) is 0 Å². The Bertz CT molecular complexity index is 3280. The largest absolute Gasteiger partial charge is 0.455 e. The number of benzene rings is 9. The number of nitrogens with zero attached hydrogens (tertiary/aromatic N) is 3. The summed E-state index contributed by atoms with van der Waals surface area (Å²) < 4.78 is 6.81. The first-order chi connectivity index (χ1) is 28.3. The van der Waals surface area contributed by atoms with Crippen LogP contribution < -0.4 is 0 Å². The minimum Gasteiger partial charge on any atom is -0.455 e. The monoisotopic (exact) mass is 727 g/mol. The molecule has 0 unspecified atom stereocenters. The minimum atomic E-state index is 0.626. The average molecular weight is 728 g/mol. The zero-order valence-corrected chi connectivity index (χ0v) is 30.8. The molecule has 57 heavy (non-hydrogen) atoms. The van der Waals surface area contributed by atoms with Crippen molar-refractivity contribution in [1.29, 1.82) is 0 Å². The highest BCUT2D eigenvalue weighted by Crippen LogP contribution is 2.44. The molecule has 0 aliphatic heterocycles. The molecular formula is C53H33N3O. The Labute approximate surface area is 329 Å². The lowest BCUT2D eigenvalue weighted by Crippen LogP contribution is -2.01. The Hall–Kier alpha value is -7.69. The molecule has 0 saturated heterocycles. The van der Waals surface area contributed by atoms with Gasteiger partial charge in [0.1, 0.15) is 11.2 Å². The van der Waals surface area contributed by atoms with Crippen molar-refractivity contribution < 1.29 is 4.42 Å². The minimum absolute atomic E-state index is 0.626. The van der Waals surface area contributed by atoms with E-state index >= 15 is 0 Å². The van der Waals surface area contributed by atoms with Gasteiger partial charge in [-0.25, -0.2) is 15.0 Å². The van der Waals surface area contributed by atoms with E-state index < -0.39 is 0 Å². The lowest BCUT2D eigenvalue weighted by molar-refractivity contribution is 0.674. The molecule has 4 heteroatoms. The summed E-state index contributed by atoms with van der Waals surface area (Å²) in [4.78, 5) is 15.4. The number of para-hydroxylation sites is 1. The predicted molar refractivity (Wildman–Crippen MR) is 235 cm³/mol. The number of rotatable bonds is 6. The van der Waals surface area contributed by atoms with Gasteiger partial charge < -0.3 is 4.42 Å². The molecule has 0 amide bonds. The fraction of sp³-hybridized carbons (Fsp3) is 0. The molecule has 0 aliphatic carbocycles. The molecule has 9 aromatic carbocycles. The first-order valence-electron chi connectivity index (χ1n) is 19.2. The molecule has 0 bridgehead atoms. The van der Waals surface area contributed by atoms with E-state index in [4.69, 9.17) is 19.4 Å². The molecule has 0 atom stereocenters. The Morgan fingerprint density at radius 3 is 1.44 bits per heavy atom. The van der Waals surface area contributed by atoms with E-state index in [0.717, 1.165) is 93.6 Å². The van der Waals surface area contributed by atoms with Gasteiger partial charge in [-0.15, -0.1) is 0 Å². The quantitative estimate of drug-likeness (QED) is 0.171. The van der Waals surface area contributed by atoms with Gasteiger partial charge in [0.15, 0.2) is 17.5 Å². The maximum atomic E-state index is 6.81. The molecule has 266 valence electrons. The van der Waals surface area contributed by atoms with Crippen molar-refractivity contribution in [2.75, 3.05) is 0 Å². The van der Waals surface area contributed by atoms with Crippen molar-refractivity contribution in [2.45, 2.75) is 0 Å². The second-order valence-corrected chi connectivity index (χ2v) is 14.3. The summed E-state index contributed by atoms with van der Waals surface area (Å²) >= 11 is 0. The highest BCUT2D eigenvalue weighted by atomic mass is 16.3. The van der Waals surface area contributed by atoms with Crippen molar-refractivity contribution in [2.24, 2.45) is 0 Å². The predicted octanol–water partition coefficient (Wildman–Crippen LogP) is 14.1. The third-order valence-corrected chi connectivity index (χ3v) is 10.9. The van der Waals surface area contributed by atoms with Crippen molar-refractivity contribution >= 4 is 43.5 Å². The molecule has 0 saturated carbocycles. The Morgan fingerprint density at radius 1 is 0.246 bits per heavy atom. The number of fused-ring (bicyclic) bond motifs is 6. The summed E-state index contributed by atoms with van der Waals surface area (Å²) in [6, 6.07) is 69.8. The van der Waals surface area contributed by atoms with Crippen molar-refractivity contribution in [3.05, 3.63) is 200 Å². The average Bonchev–Trinajstić information content (AvgIpc) is 3.68. The van der Waals surface area contributed by atoms with Gasteiger partial charge in [-0.05, 0) is 62.2 Å². The molecule has 11 aromatic rings. The Morgan fingerprint density at radius 2 is 0.719 bits per heavy atom. The fourth-order valence-corrected chi connectivity index (χ4v) is 8.23. The van der Waals surface area contributed by atoms with Gasteiger partial charge in [0.05, 0.1) is 0 Å². The number of hydrogen-bond acceptors (Lipinski definition) is 4. The second-order valence-electron chi connectivity index (χ2n) is 14.3. The molecule has 11 rings (SSSR count). The molecule has 0 N–H and O–H groups in total. The van der Waals surface area contributed by atoms with Gasteiger partial charge in [0, 0.05) is 38.4 Å². The van der Waals surface area contributed by atoms with Crippen LogP contribution in [0.15, 0.2) is 205 Å². The van der Waals surface area contributed by atoms with Crippen LogP contribution in [0.3, 0.4) is 0 Å². The molecule has 0 radical (unpaired) electrons. The highest BCUT2D eigenvalue weighted by Gasteiger charge is 2.20. The van der Waals surface area contributed by atoms with Gasteiger partial charge in [0.2, 0.25) is 0 Å². The van der Waals surface area contributed by atoms with E-state index in [1.165, 1.54) is 0 Å². The lowest BCUT2D eigenvalue weighted by atomic mass is 9.90. The van der Waals surface area contributed by atoms with Crippen LogP contribution in [-0.4, -0.2) is 15.0 Å². The van der Waals surface area contributed by atoms with E-state index in [1.807, 2.05) is 42.5 Å². The van der Waals surface area contributed by atoms with Crippen LogP contribution in [0.5, 0.6) is 0 Å². The second kappa shape index (κ2) is 13.6. The maximum absolute atomic E-state index is 6.81. The van der Waals surface area contributed by atoms with Crippen molar-refractivity contribution in [3.8, 4) is 67.5 Å². The standard InChI is InChI=1S/C53H33N3O/c1-4-16-34(17-5-1)37-22-14-23-38(32-37)52-54-51(36-20-8-3-9-21-36)55-53(56-52)46-31-30-43(40-24-10-11-25-41(40)46)47-33-48-45-29-15-28-39(35-18-6-2-7-19-35)49(45)57-50(48)44-27-13-12-26-42(44)47/h1-33H. The maximum Gasteiger partial charge on any atom is 0.164 e. The third-order valence-electron chi connectivity index (χ3n) is 10.9. The Kier molecular flexibility index (Phi) is 7.78. The third kappa shape index (κ3) is 5.66. The summed E-state index contributed by atoms with van der Waals surface area (Å²) in [7, 11) is 0. The molecule has 0 aliphatic rings. The molecule has 0 fully saturated rings. The van der Waals surface area contributed by atoms with Gasteiger partial charge in [-0.2, -0.15) is 0 Å². The van der Waals surface area contributed by atoms with E-state index in [2.05, 4.69) is 158 Å². The zero-order valence-electron chi connectivity index (χ0n) is 30.8. The Balaban J connectivity index is 1.12. The zero-order chi connectivity index (χ0) is 37.7. The molecule has 4 nitrogen and oxygen atoms in total. The molecule has 2 heterocycles. The number of aromatic nitrogens is 3. The van der Waals surface area contributed by atoms with Crippen LogP contribution >= 0.6 is 0 Å².